The van der Waals surface area contributed by atoms with E-state index in [1.54, 1.807) is 0 Å². The van der Waals surface area contributed by atoms with Gasteiger partial charge in [-0.15, -0.1) is 24.0 Å². The van der Waals surface area contributed by atoms with Gasteiger partial charge in [-0.05, 0) is 36.3 Å². The summed E-state index contributed by atoms with van der Waals surface area (Å²) < 4.78 is 0. The number of carbonyl (C=O) groups is 1. The van der Waals surface area contributed by atoms with Crippen molar-refractivity contribution < 1.29 is 4.79 Å². The summed E-state index contributed by atoms with van der Waals surface area (Å²) >= 11 is 0. The fourth-order valence-electron chi connectivity index (χ4n) is 3.80. The lowest BCUT2D eigenvalue weighted by molar-refractivity contribution is -0.131. The fourth-order valence-corrected chi connectivity index (χ4v) is 3.80. The third-order valence-electron chi connectivity index (χ3n) is 5.32. The molecule has 0 spiro atoms. The number of aliphatic imine (C=N–C) groups is 1. The second-order valence-electron chi connectivity index (χ2n) is 8.19. The van der Waals surface area contributed by atoms with Crippen LogP contribution >= 0.6 is 24.0 Å². The quantitative estimate of drug-likeness (QED) is 0.301. The molecule has 0 radical (unpaired) electrons. The first-order chi connectivity index (χ1) is 12.5. The molecule has 0 atom stereocenters. The Morgan fingerprint density at radius 2 is 1.85 bits per heavy atom. The van der Waals surface area contributed by atoms with E-state index in [-0.39, 0.29) is 29.9 Å². The van der Waals surface area contributed by atoms with E-state index in [1.165, 1.54) is 17.5 Å². The molecule has 3 rings (SSSR count). The standard InChI is InChI=1S/C21H32N4O.HI/c1-4-22-20(24-13-11-21(2,3)16-24)23-12-7-10-19(26)25-14-17-8-5-6-9-18(17)15-25;/h5-6,8-9H,4,7,10-16H2,1-3H3,(H,22,23);1H. The molecule has 1 amide bonds. The Morgan fingerprint density at radius 1 is 1.19 bits per heavy atom. The zero-order valence-electron chi connectivity index (χ0n) is 16.8. The van der Waals surface area contributed by atoms with Crippen LogP contribution in [0.1, 0.15) is 51.2 Å². The number of hydrogen-bond acceptors (Lipinski definition) is 2. The van der Waals surface area contributed by atoms with Crippen molar-refractivity contribution in [2.24, 2.45) is 10.4 Å². The van der Waals surface area contributed by atoms with Gasteiger partial charge >= 0.3 is 0 Å². The van der Waals surface area contributed by atoms with Gasteiger partial charge in [0, 0.05) is 45.7 Å². The summed E-state index contributed by atoms with van der Waals surface area (Å²) in [6.07, 6.45) is 2.58. The molecule has 5 nitrogen and oxygen atoms in total. The lowest BCUT2D eigenvalue weighted by atomic mass is 9.93. The molecule has 0 aromatic heterocycles. The predicted molar refractivity (Wildman–Crippen MR) is 121 cm³/mol. The minimum Gasteiger partial charge on any atom is -0.357 e. The fraction of sp³-hybridized carbons (Fsp3) is 0.619. The van der Waals surface area contributed by atoms with Gasteiger partial charge in [-0.3, -0.25) is 9.79 Å². The van der Waals surface area contributed by atoms with Gasteiger partial charge in [-0.25, -0.2) is 0 Å². The van der Waals surface area contributed by atoms with E-state index in [4.69, 9.17) is 4.99 Å². The molecule has 1 saturated heterocycles. The topological polar surface area (TPSA) is 47.9 Å². The first kappa shape index (κ1) is 22.0. The van der Waals surface area contributed by atoms with Crippen LogP contribution in [0, 0.1) is 5.41 Å². The van der Waals surface area contributed by atoms with Crippen LogP contribution < -0.4 is 5.32 Å². The number of guanidine groups is 1. The first-order valence-electron chi connectivity index (χ1n) is 9.86. The van der Waals surface area contributed by atoms with Crippen LogP contribution in [-0.2, 0) is 17.9 Å². The average Bonchev–Trinajstić information content (AvgIpc) is 3.20. The second-order valence-corrected chi connectivity index (χ2v) is 8.19. The van der Waals surface area contributed by atoms with Crippen molar-refractivity contribution in [3.05, 3.63) is 35.4 Å². The van der Waals surface area contributed by atoms with Crippen LogP contribution in [0.25, 0.3) is 0 Å². The normalized spacial score (nSPS) is 18.3. The van der Waals surface area contributed by atoms with Crippen molar-refractivity contribution >= 4 is 35.8 Å². The Hall–Kier alpha value is -1.31. The molecule has 0 aliphatic carbocycles. The second kappa shape index (κ2) is 9.75. The monoisotopic (exact) mass is 484 g/mol. The number of fused-ring (bicyclic) bond motifs is 1. The lowest BCUT2D eigenvalue weighted by Crippen LogP contribution is -2.40. The zero-order chi connectivity index (χ0) is 18.6. The van der Waals surface area contributed by atoms with Gasteiger partial charge in [0.25, 0.3) is 0 Å². The number of halogens is 1. The van der Waals surface area contributed by atoms with E-state index in [9.17, 15) is 4.79 Å². The molecule has 150 valence electrons. The molecule has 0 unspecified atom stereocenters. The molecule has 2 heterocycles. The third-order valence-corrected chi connectivity index (χ3v) is 5.32. The van der Waals surface area contributed by atoms with E-state index in [1.807, 2.05) is 17.0 Å². The Labute approximate surface area is 180 Å². The van der Waals surface area contributed by atoms with Gasteiger partial charge in [-0.1, -0.05) is 38.1 Å². The maximum atomic E-state index is 12.5. The number of nitrogens with one attached hydrogen (secondary N) is 1. The number of benzene rings is 1. The van der Waals surface area contributed by atoms with E-state index in [0.29, 0.717) is 18.4 Å². The Balaban J connectivity index is 0.00000261. The maximum absolute atomic E-state index is 12.5. The molecule has 1 aromatic carbocycles. The number of rotatable bonds is 5. The molecule has 1 fully saturated rings. The van der Waals surface area contributed by atoms with Gasteiger partial charge in [0.1, 0.15) is 0 Å². The smallest absolute Gasteiger partial charge is 0.223 e. The largest absolute Gasteiger partial charge is 0.357 e. The highest BCUT2D eigenvalue weighted by atomic mass is 127. The number of amides is 1. The number of carbonyl (C=O) groups excluding carboxylic acids is 1. The van der Waals surface area contributed by atoms with Crippen molar-refractivity contribution in [2.75, 3.05) is 26.2 Å². The van der Waals surface area contributed by atoms with Crippen LogP contribution in [-0.4, -0.2) is 47.8 Å². The van der Waals surface area contributed by atoms with E-state index >= 15 is 0 Å². The molecule has 1 N–H and O–H groups in total. The van der Waals surface area contributed by atoms with Crippen molar-refractivity contribution in [1.82, 2.24) is 15.1 Å². The number of nitrogens with zero attached hydrogens (tertiary/aromatic N) is 3. The van der Waals surface area contributed by atoms with E-state index in [2.05, 4.69) is 43.1 Å². The Morgan fingerprint density at radius 3 is 2.41 bits per heavy atom. The Kier molecular flexibility index (Phi) is 7.94. The molecule has 6 heteroatoms. The minimum atomic E-state index is 0. The van der Waals surface area contributed by atoms with Crippen molar-refractivity contribution in [3.63, 3.8) is 0 Å². The molecular weight excluding hydrogens is 451 g/mol. The minimum absolute atomic E-state index is 0. The van der Waals surface area contributed by atoms with Gasteiger partial charge in [-0.2, -0.15) is 0 Å². The molecule has 1 aromatic rings. The van der Waals surface area contributed by atoms with Crippen LogP contribution in [0.3, 0.4) is 0 Å². The SMILES string of the molecule is CCNC(=NCCCC(=O)N1Cc2ccccc2C1)N1CCC(C)(C)C1.I. The summed E-state index contributed by atoms with van der Waals surface area (Å²) in [6.45, 7) is 11.9. The summed E-state index contributed by atoms with van der Waals surface area (Å²) in [7, 11) is 0. The maximum Gasteiger partial charge on any atom is 0.223 e. The predicted octanol–water partition coefficient (Wildman–Crippen LogP) is 3.62. The van der Waals surface area contributed by atoms with E-state index in [0.717, 1.165) is 45.1 Å². The van der Waals surface area contributed by atoms with Gasteiger partial charge in [0.2, 0.25) is 5.91 Å². The van der Waals surface area contributed by atoms with Gasteiger partial charge in [0.15, 0.2) is 5.96 Å². The zero-order valence-corrected chi connectivity index (χ0v) is 19.2. The van der Waals surface area contributed by atoms with Crippen LogP contribution in [0.5, 0.6) is 0 Å². The highest BCUT2D eigenvalue weighted by Crippen LogP contribution is 2.28. The van der Waals surface area contributed by atoms with Crippen molar-refractivity contribution in [2.45, 2.75) is 53.1 Å². The lowest BCUT2D eigenvalue weighted by Gasteiger charge is -2.23. The number of likely N-dealkylation sites (tertiary alicyclic amines) is 1. The summed E-state index contributed by atoms with van der Waals surface area (Å²) in [6, 6.07) is 8.33. The molecule has 2 aliphatic rings. The van der Waals surface area contributed by atoms with Crippen molar-refractivity contribution in [3.8, 4) is 0 Å². The molecule has 27 heavy (non-hydrogen) atoms. The highest BCUT2D eigenvalue weighted by Gasteiger charge is 2.30. The number of hydrogen-bond donors (Lipinski definition) is 1. The Bertz CT molecular complexity index is 649. The van der Waals surface area contributed by atoms with Crippen LogP contribution in [0.4, 0.5) is 0 Å². The average molecular weight is 484 g/mol. The van der Waals surface area contributed by atoms with Crippen molar-refractivity contribution in [1.29, 1.82) is 0 Å². The summed E-state index contributed by atoms with van der Waals surface area (Å²) in [5.41, 5.74) is 2.92. The highest BCUT2D eigenvalue weighted by molar-refractivity contribution is 14.0. The van der Waals surface area contributed by atoms with Gasteiger partial charge < -0.3 is 15.1 Å². The molecular formula is C21H33IN4O. The summed E-state index contributed by atoms with van der Waals surface area (Å²) in [4.78, 5) is 21.5. The first-order valence-corrected chi connectivity index (χ1v) is 9.86. The van der Waals surface area contributed by atoms with Crippen LogP contribution in [0.2, 0.25) is 0 Å². The molecule has 0 bridgehead atoms. The molecule has 2 aliphatic heterocycles. The molecule has 0 saturated carbocycles. The summed E-state index contributed by atoms with van der Waals surface area (Å²) in [5.74, 6) is 1.24. The van der Waals surface area contributed by atoms with Gasteiger partial charge in [0.05, 0.1) is 0 Å². The van der Waals surface area contributed by atoms with Crippen LogP contribution in [0.15, 0.2) is 29.3 Å². The third kappa shape index (κ3) is 5.83. The van der Waals surface area contributed by atoms with E-state index < -0.39 is 0 Å². The summed E-state index contributed by atoms with van der Waals surface area (Å²) in [5, 5.41) is 3.40.